The van der Waals surface area contributed by atoms with Crippen molar-refractivity contribution in [1.82, 2.24) is 9.13 Å². The van der Waals surface area contributed by atoms with Crippen LogP contribution in [0.4, 0.5) is 0 Å². The summed E-state index contributed by atoms with van der Waals surface area (Å²) in [6, 6.07) is 26.1. The van der Waals surface area contributed by atoms with Crippen LogP contribution in [-0.2, 0) is 22.6 Å². The molecule has 38 heavy (non-hydrogen) atoms. The lowest BCUT2D eigenvalue weighted by Gasteiger charge is -2.22. The average molecular weight is 762 g/mol. The lowest BCUT2D eigenvalue weighted by Crippen LogP contribution is -2.27. The van der Waals surface area contributed by atoms with Crippen molar-refractivity contribution < 1.29 is 9.47 Å². The van der Waals surface area contributed by atoms with Gasteiger partial charge in [0.15, 0.2) is 0 Å². The van der Waals surface area contributed by atoms with E-state index in [1.165, 1.54) is 43.6 Å². The van der Waals surface area contributed by atoms with Gasteiger partial charge in [0.25, 0.3) is 0 Å². The third kappa shape index (κ3) is 4.67. The van der Waals surface area contributed by atoms with Crippen LogP contribution in [-0.4, -0.2) is 34.6 Å². The molecule has 0 spiro atoms. The Morgan fingerprint density at radius 3 is 1.29 bits per heavy atom. The first-order valence-corrected chi connectivity index (χ1v) is 15.6. The van der Waals surface area contributed by atoms with Crippen molar-refractivity contribution in [1.29, 1.82) is 0 Å². The summed E-state index contributed by atoms with van der Waals surface area (Å²) in [6.07, 6.45) is 0.143. The molecule has 3 heterocycles. The van der Waals surface area contributed by atoms with E-state index in [-0.39, 0.29) is 12.2 Å². The van der Waals surface area contributed by atoms with Gasteiger partial charge in [0, 0.05) is 61.5 Å². The molecule has 0 saturated carbocycles. The van der Waals surface area contributed by atoms with Gasteiger partial charge in [0.2, 0.25) is 0 Å². The highest BCUT2D eigenvalue weighted by Gasteiger charge is 2.26. The van der Waals surface area contributed by atoms with Crippen molar-refractivity contribution in [3.05, 3.63) is 90.7 Å². The molecular weight excluding hydrogens is 740 g/mol. The molecule has 4 nitrogen and oxygen atoms in total. The van der Waals surface area contributed by atoms with E-state index >= 15 is 0 Å². The summed E-state index contributed by atoms with van der Waals surface area (Å²) in [7, 11) is 0. The molecular formula is C30H22Br4N2O2. The van der Waals surface area contributed by atoms with Crippen LogP contribution in [0.15, 0.2) is 90.7 Å². The number of ether oxygens (including phenoxy) is 2. The molecule has 1 fully saturated rings. The summed E-state index contributed by atoms with van der Waals surface area (Å²) in [5, 5.41) is 4.91. The number of benzene rings is 4. The zero-order chi connectivity index (χ0) is 26.0. The first kappa shape index (κ1) is 25.3. The fourth-order valence-corrected chi connectivity index (χ4v) is 6.91. The highest BCUT2D eigenvalue weighted by molar-refractivity contribution is 9.11. The zero-order valence-corrected chi connectivity index (χ0v) is 26.5. The summed E-state index contributed by atoms with van der Waals surface area (Å²) < 4.78 is 21.2. The van der Waals surface area contributed by atoms with E-state index in [4.69, 9.17) is 9.47 Å². The second-order valence-electron chi connectivity index (χ2n) is 9.78. The molecule has 1 aliphatic heterocycles. The topological polar surface area (TPSA) is 31.6 Å². The zero-order valence-electron chi connectivity index (χ0n) is 20.1. The van der Waals surface area contributed by atoms with E-state index in [0.717, 1.165) is 37.6 Å². The first-order valence-electron chi connectivity index (χ1n) is 12.4. The quantitative estimate of drug-likeness (QED) is 0.152. The summed E-state index contributed by atoms with van der Waals surface area (Å²) in [6.45, 7) is 2.84. The van der Waals surface area contributed by atoms with Gasteiger partial charge in [-0.15, -0.1) is 0 Å². The van der Waals surface area contributed by atoms with Crippen LogP contribution in [0.3, 0.4) is 0 Å². The van der Waals surface area contributed by atoms with Crippen LogP contribution >= 0.6 is 63.7 Å². The number of nitrogens with zero attached hydrogens (tertiary/aromatic N) is 2. The summed E-state index contributed by atoms with van der Waals surface area (Å²) in [5.41, 5.74) is 4.81. The van der Waals surface area contributed by atoms with Gasteiger partial charge in [-0.25, -0.2) is 0 Å². The van der Waals surface area contributed by atoms with Crippen LogP contribution in [0.1, 0.15) is 0 Å². The predicted octanol–water partition coefficient (Wildman–Crippen LogP) is 9.44. The smallest absolute Gasteiger partial charge is 0.104 e. The third-order valence-electron chi connectivity index (χ3n) is 7.27. The number of hydrogen-bond donors (Lipinski definition) is 0. The summed E-state index contributed by atoms with van der Waals surface area (Å²) in [4.78, 5) is 0. The Morgan fingerprint density at radius 1 is 0.632 bits per heavy atom. The molecule has 0 bridgehead atoms. The predicted molar refractivity (Wildman–Crippen MR) is 169 cm³/mol. The lowest BCUT2D eigenvalue weighted by atomic mass is 10.2. The fourth-order valence-electron chi connectivity index (χ4n) is 5.47. The Kier molecular flexibility index (Phi) is 6.69. The number of fused-ring (bicyclic) bond motifs is 6. The highest BCUT2D eigenvalue weighted by Crippen LogP contribution is 2.36. The lowest BCUT2D eigenvalue weighted by molar-refractivity contribution is 0.0239. The van der Waals surface area contributed by atoms with Gasteiger partial charge in [-0.05, 0) is 72.8 Å². The Hall–Kier alpha value is -1.68. The minimum atomic E-state index is -0.0589. The Bertz CT molecular complexity index is 1610. The molecule has 0 N–H and O–H groups in total. The maximum Gasteiger partial charge on any atom is 0.104 e. The van der Waals surface area contributed by atoms with E-state index in [0.29, 0.717) is 6.61 Å². The van der Waals surface area contributed by atoms with Crippen LogP contribution < -0.4 is 0 Å². The van der Waals surface area contributed by atoms with Crippen molar-refractivity contribution in [3.8, 4) is 0 Å². The van der Waals surface area contributed by atoms with E-state index in [1.807, 2.05) is 0 Å². The van der Waals surface area contributed by atoms with Gasteiger partial charge < -0.3 is 18.6 Å². The highest BCUT2D eigenvalue weighted by atomic mass is 79.9. The summed E-state index contributed by atoms with van der Waals surface area (Å²) >= 11 is 14.7. The molecule has 1 saturated heterocycles. The molecule has 0 radical (unpaired) electrons. The van der Waals surface area contributed by atoms with Crippen molar-refractivity contribution >= 4 is 107 Å². The molecule has 1 atom stereocenters. The Balaban J connectivity index is 1.35. The monoisotopic (exact) mass is 758 g/mol. The van der Waals surface area contributed by atoms with E-state index < -0.39 is 0 Å². The SMILES string of the molecule is Brc1ccc2c(c1)c1cc(Br)ccc1n2CC(Cn1c2ccc(Br)cc2c2cc(Br)ccc21)OC[C@@H]1CO1. The Morgan fingerprint density at radius 2 is 0.974 bits per heavy atom. The number of hydrogen-bond acceptors (Lipinski definition) is 2. The normalized spacial score (nSPS) is 15.6. The van der Waals surface area contributed by atoms with Crippen LogP contribution in [0.25, 0.3) is 43.6 Å². The van der Waals surface area contributed by atoms with Crippen molar-refractivity contribution in [2.75, 3.05) is 13.2 Å². The maximum atomic E-state index is 6.60. The average Bonchev–Trinajstić information content (AvgIpc) is 3.63. The minimum Gasteiger partial charge on any atom is -0.372 e. The van der Waals surface area contributed by atoms with Gasteiger partial charge in [0.05, 0.1) is 32.4 Å². The van der Waals surface area contributed by atoms with Crippen molar-refractivity contribution in [2.24, 2.45) is 0 Å². The van der Waals surface area contributed by atoms with Gasteiger partial charge in [-0.2, -0.15) is 0 Å². The Labute approximate surface area is 253 Å². The largest absolute Gasteiger partial charge is 0.372 e. The molecule has 0 aliphatic carbocycles. The van der Waals surface area contributed by atoms with Crippen molar-refractivity contribution in [2.45, 2.75) is 25.3 Å². The van der Waals surface area contributed by atoms with Gasteiger partial charge >= 0.3 is 0 Å². The molecule has 6 aromatic rings. The number of epoxide rings is 1. The van der Waals surface area contributed by atoms with E-state index in [2.05, 4.69) is 146 Å². The van der Waals surface area contributed by atoms with Crippen LogP contribution in [0.5, 0.6) is 0 Å². The molecule has 0 unspecified atom stereocenters. The molecule has 2 aromatic heterocycles. The summed E-state index contributed by atoms with van der Waals surface area (Å²) in [5.74, 6) is 0. The molecule has 8 heteroatoms. The van der Waals surface area contributed by atoms with Crippen LogP contribution in [0.2, 0.25) is 0 Å². The number of aromatic nitrogens is 2. The standard InChI is InChI=1S/C30H22Br4N2O2/c31-17-1-5-27-23(9-17)24-10-18(32)2-6-28(24)35(27)13-21(37-15-22-16-38-22)14-36-29-7-3-19(33)11-25(29)26-12-20(34)4-8-30(26)36/h1-12,21-22H,13-16H2/t22-/m1/s1. The van der Waals surface area contributed by atoms with Gasteiger partial charge in [0.1, 0.15) is 6.10 Å². The second-order valence-corrected chi connectivity index (χ2v) is 13.4. The van der Waals surface area contributed by atoms with Gasteiger partial charge in [-0.3, -0.25) is 0 Å². The van der Waals surface area contributed by atoms with Crippen molar-refractivity contribution in [3.63, 3.8) is 0 Å². The molecule has 1 aliphatic rings. The van der Waals surface area contributed by atoms with Gasteiger partial charge in [-0.1, -0.05) is 63.7 Å². The molecule has 0 amide bonds. The van der Waals surface area contributed by atoms with Crippen LogP contribution in [0, 0.1) is 0 Å². The maximum absolute atomic E-state index is 6.60. The first-order chi connectivity index (χ1) is 18.4. The molecule has 4 aromatic carbocycles. The minimum absolute atomic E-state index is 0.0589. The fraction of sp³-hybridized carbons (Fsp3) is 0.200. The second kappa shape index (κ2) is 10.1. The number of halogens is 4. The molecule has 7 rings (SSSR count). The van der Waals surface area contributed by atoms with E-state index in [1.54, 1.807) is 0 Å². The van der Waals surface area contributed by atoms with E-state index in [9.17, 15) is 0 Å². The number of rotatable bonds is 7. The molecule has 192 valence electrons. The third-order valence-corrected chi connectivity index (χ3v) is 9.24.